The lowest BCUT2D eigenvalue weighted by Gasteiger charge is -2.27. The molecular formula is C17H27ClN4O2. The summed E-state index contributed by atoms with van der Waals surface area (Å²) in [5.41, 5.74) is 1.70. The number of benzene rings is 1. The van der Waals surface area contributed by atoms with Gasteiger partial charge in [0, 0.05) is 38.3 Å². The zero-order valence-electron chi connectivity index (χ0n) is 14.5. The molecule has 2 atom stereocenters. The quantitative estimate of drug-likeness (QED) is 0.776. The molecule has 6 nitrogen and oxygen atoms in total. The molecule has 2 rings (SSSR count). The van der Waals surface area contributed by atoms with Crippen molar-refractivity contribution in [2.45, 2.75) is 32.4 Å². The summed E-state index contributed by atoms with van der Waals surface area (Å²) >= 11 is 0. The molecule has 3 N–H and O–H groups in total. The van der Waals surface area contributed by atoms with Crippen molar-refractivity contribution in [3.8, 4) is 0 Å². The van der Waals surface area contributed by atoms with Crippen LogP contribution in [0.25, 0.3) is 0 Å². The molecule has 1 aliphatic rings. The highest BCUT2D eigenvalue weighted by Crippen LogP contribution is 2.17. The summed E-state index contributed by atoms with van der Waals surface area (Å²) in [4.78, 5) is 25.4. The number of urea groups is 1. The SMILES string of the molecule is C[C@H]1C[C@@H](C(=O)NCc2cccc(NC(=O)N(C)C)c2)CCN1.Cl. The summed E-state index contributed by atoms with van der Waals surface area (Å²) < 4.78 is 0. The van der Waals surface area contributed by atoms with Crippen LogP contribution in [0.5, 0.6) is 0 Å². The van der Waals surface area contributed by atoms with Gasteiger partial charge in [0.25, 0.3) is 0 Å². The van der Waals surface area contributed by atoms with Gasteiger partial charge in [0.15, 0.2) is 0 Å². The molecule has 7 heteroatoms. The van der Waals surface area contributed by atoms with Crippen LogP contribution in [0.3, 0.4) is 0 Å². The second-order valence-corrected chi connectivity index (χ2v) is 6.32. The van der Waals surface area contributed by atoms with Crippen molar-refractivity contribution in [3.63, 3.8) is 0 Å². The molecule has 1 aliphatic heterocycles. The Labute approximate surface area is 149 Å². The Kier molecular flexibility index (Phi) is 8.01. The van der Waals surface area contributed by atoms with E-state index in [1.165, 1.54) is 4.90 Å². The van der Waals surface area contributed by atoms with E-state index < -0.39 is 0 Å². The topological polar surface area (TPSA) is 73.5 Å². The van der Waals surface area contributed by atoms with Gasteiger partial charge in [-0.3, -0.25) is 4.79 Å². The fourth-order valence-electron chi connectivity index (χ4n) is 2.70. The van der Waals surface area contributed by atoms with Crippen LogP contribution in [0, 0.1) is 5.92 Å². The number of carbonyl (C=O) groups is 2. The van der Waals surface area contributed by atoms with E-state index in [-0.39, 0.29) is 30.3 Å². The molecule has 0 saturated carbocycles. The van der Waals surface area contributed by atoms with Gasteiger partial charge in [-0.25, -0.2) is 4.79 Å². The number of anilines is 1. The molecule has 0 spiro atoms. The van der Waals surface area contributed by atoms with Crippen LogP contribution in [0.1, 0.15) is 25.3 Å². The smallest absolute Gasteiger partial charge is 0.321 e. The molecule has 0 bridgehead atoms. The van der Waals surface area contributed by atoms with Gasteiger partial charge < -0.3 is 20.9 Å². The number of halogens is 1. The van der Waals surface area contributed by atoms with Gasteiger partial charge in [0.05, 0.1) is 0 Å². The first-order valence-corrected chi connectivity index (χ1v) is 8.04. The molecule has 1 fully saturated rings. The number of nitrogens with one attached hydrogen (secondary N) is 3. The highest BCUT2D eigenvalue weighted by molar-refractivity contribution is 5.89. The average molecular weight is 355 g/mol. The summed E-state index contributed by atoms with van der Waals surface area (Å²) in [6.07, 6.45) is 1.76. The molecule has 1 heterocycles. The fourth-order valence-corrected chi connectivity index (χ4v) is 2.70. The summed E-state index contributed by atoms with van der Waals surface area (Å²) in [6.45, 7) is 3.48. The van der Waals surface area contributed by atoms with Gasteiger partial charge in [-0.15, -0.1) is 12.4 Å². The van der Waals surface area contributed by atoms with Crippen LogP contribution in [0.2, 0.25) is 0 Å². The minimum Gasteiger partial charge on any atom is -0.352 e. The number of nitrogens with zero attached hydrogens (tertiary/aromatic N) is 1. The van der Waals surface area contributed by atoms with Gasteiger partial charge in [-0.2, -0.15) is 0 Å². The molecule has 0 radical (unpaired) electrons. The molecule has 1 aromatic carbocycles. The Morgan fingerprint density at radius 1 is 1.33 bits per heavy atom. The van der Waals surface area contributed by atoms with Crippen LogP contribution in [-0.4, -0.2) is 43.5 Å². The molecule has 0 aliphatic carbocycles. The van der Waals surface area contributed by atoms with E-state index in [0.29, 0.717) is 12.6 Å². The second kappa shape index (κ2) is 9.49. The van der Waals surface area contributed by atoms with Crippen molar-refractivity contribution >= 4 is 30.0 Å². The third-order valence-corrected chi connectivity index (χ3v) is 4.05. The van der Waals surface area contributed by atoms with Crippen molar-refractivity contribution in [3.05, 3.63) is 29.8 Å². The van der Waals surface area contributed by atoms with Crippen molar-refractivity contribution in [2.75, 3.05) is 26.0 Å². The predicted octanol–water partition coefficient (Wildman–Crippen LogP) is 2.21. The van der Waals surface area contributed by atoms with E-state index in [4.69, 9.17) is 0 Å². The number of rotatable bonds is 4. The zero-order chi connectivity index (χ0) is 16.8. The molecule has 24 heavy (non-hydrogen) atoms. The molecule has 134 valence electrons. The van der Waals surface area contributed by atoms with Gasteiger partial charge >= 0.3 is 6.03 Å². The first-order valence-electron chi connectivity index (χ1n) is 8.04. The number of carbonyl (C=O) groups excluding carboxylic acids is 2. The Balaban J connectivity index is 0.00000288. The van der Waals surface area contributed by atoms with E-state index in [0.717, 1.165) is 30.6 Å². The third kappa shape index (κ3) is 6.02. The van der Waals surface area contributed by atoms with Crippen molar-refractivity contribution < 1.29 is 9.59 Å². The van der Waals surface area contributed by atoms with Crippen LogP contribution < -0.4 is 16.0 Å². The number of amides is 3. The summed E-state index contributed by atoms with van der Waals surface area (Å²) in [5.74, 6) is 0.198. The first kappa shape index (κ1) is 20.3. The molecule has 1 saturated heterocycles. The average Bonchev–Trinajstić information content (AvgIpc) is 2.53. The molecule has 3 amide bonds. The maximum atomic E-state index is 12.3. The standard InChI is InChI=1S/C17H26N4O2.ClH/c1-12-9-14(7-8-18-12)16(22)19-11-13-5-4-6-15(10-13)20-17(23)21(2)3;/h4-6,10,12,14,18H,7-9,11H2,1-3H3,(H,19,22)(H,20,23);1H/t12-,14-;/m0./s1. The minimum atomic E-state index is -0.171. The minimum absolute atomic E-state index is 0. The maximum Gasteiger partial charge on any atom is 0.321 e. The number of hydrogen-bond donors (Lipinski definition) is 3. The Bertz CT molecular complexity index is 565. The van der Waals surface area contributed by atoms with Crippen LogP contribution in [0.4, 0.5) is 10.5 Å². The highest BCUT2D eigenvalue weighted by Gasteiger charge is 2.24. The van der Waals surface area contributed by atoms with E-state index in [2.05, 4.69) is 22.9 Å². The third-order valence-electron chi connectivity index (χ3n) is 4.05. The molecule has 0 unspecified atom stereocenters. The van der Waals surface area contributed by atoms with Crippen LogP contribution in [0.15, 0.2) is 24.3 Å². The van der Waals surface area contributed by atoms with E-state index in [9.17, 15) is 9.59 Å². The van der Waals surface area contributed by atoms with Crippen molar-refractivity contribution in [1.29, 1.82) is 0 Å². The number of hydrogen-bond acceptors (Lipinski definition) is 3. The highest BCUT2D eigenvalue weighted by atomic mass is 35.5. The normalized spacial score (nSPS) is 19.8. The molecule has 1 aromatic rings. The summed E-state index contributed by atoms with van der Waals surface area (Å²) in [7, 11) is 3.39. The first-order chi connectivity index (χ1) is 11.0. The summed E-state index contributed by atoms with van der Waals surface area (Å²) in [6, 6.07) is 7.75. The number of piperidine rings is 1. The Morgan fingerprint density at radius 3 is 2.75 bits per heavy atom. The largest absolute Gasteiger partial charge is 0.352 e. The van der Waals surface area contributed by atoms with Crippen LogP contribution >= 0.6 is 12.4 Å². The van der Waals surface area contributed by atoms with E-state index >= 15 is 0 Å². The van der Waals surface area contributed by atoms with Crippen LogP contribution in [-0.2, 0) is 11.3 Å². The lowest BCUT2D eigenvalue weighted by Crippen LogP contribution is -2.42. The lowest BCUT2D eigenvalue weighted by atomic mass is 9.92. The fraction of sp³-hybridized carbons (Fsp3) is 0.529. The van der Waals surface area contributed by atoms with E-state index in [1.54, 1.807) is 14.1 Å². The molecular weight excluding hydrogens is 328 g/mol. The molecule has 0 aromatic heterocycles. The van der Waals surface area contributed by atoms with Gasteiger partial charge in [-0.1, -0.05) is 12.1 Å². The Morgan fingerprint density at radius 2 is 2.08 bits per heavy atom. The van der Waals surface area contributed by atoms with E-state index in [1.807, 2.05) is 24.3 Å². The van der Waals surface area contributed by atoms with Crippen molar-refractivity contribution in [2.24, 2.45) is 5.92 Å². The second-order valence-electron chi connectivity index (χ2n) is 6.32. The predicted molar refractivity (Wildman–Crippen MR) is 98.4 cm³/mol. The van der Waals surface area contributed by atoms with Gasteiger partial charge in [0.2, 0.25) is 5.91 Å². The van der Waals surface area contributed by atoms with Gasteiger partial charge in [0.1, 0.15) is 0 Å². The summed E-state index contributed by atoms with van der Waals surface area (Å²) in [5, 5.41) is 9.16. The maximum absolute atomic E-state index is 12.3. The Hall–Kier alpha value is -1.79. The monoisotopic (exact) mass is 354 g/mol. The van der Waals surface area contributed by atoms with Crippen molar-refractivity contribution in [1.82, 2.24) is 15.5 Å². The zero-order valence-corrected chi connectivity index (χ0v) is 15.3. The van der Waals surface area contributed by atoms with Gasteiger partial charge in [-0.05, 0) is 44.0 Å². The lowest BCUT2D eigenvalue weighted by molar-refractivity contribution is -0.126.